The standard InChI is InChI=1S/C21H25N3O3/c1-21(2,3)27-20(26)23-17-14-24(13-15-9-5-4-6-10-15)18-12-8-7-11-16(18)22-19(17)25/h4-12,17H,13-14H2,1-3H3,(H,22,25)(H,23,26). The summed E-state index contributed by atoms with van der Waals surface area (Å²) in [5, 5.41) is 5.61. The molecule has 2 amide bonds. The summed E-state index contributed by atoms with van der Waals surface area (Å²) in [5.74, 6) is -0.260. The molecule has 1 atom stereocenters. The smallest absolute Gasteiger partial charge is 0.408 e. The molecule has 2 N–H and O–H groups in total. The van der Waals surface area contributed by atoms with Crippen LogP contribution < -0.4 is 15.5 Å². The minimum atomic E-state index is -0.726. The first-order chi connectivity index (χ1) is 12.8. The van der Waals surface area contributed by atoms with Crippen molar-refractivity contribution in [1.29, 1.82) is 0 Å². The van der Waals surface area contributed by atoms with Gasteiger partial charge < -0.3 is 20.3 Å². The summed E-state index contributed by atoms with van der Waals surface area (Å²) in [6, 6.07) is 16.9. The molecule has 3 rings (SSSR count). The summed E-state index contributed by atoms with van der Waals surface area (Å²) in [4.78, 5) is 26.9. The number of alkyl carbamates (subject to hydrolysis) is 1. The number of carbonyl (C=O) groups is 2. The van der Waals surface area contributed by atoms with Crippen LogP contribution in [0.1, 0.15) is 26.3 Å². The van der Waals surface area contributed by atoms with E-state index < -0.39 is 17.7 Å². The summed E-state index contributed by atoms with van der Waals surface area (Å²) >= 11 is 0. The molecule has 0 radical (unpaired) electrons. The molecule has 0 spiro atoms. The van der Waals surface area contributed by atoms with Crippen molar-refractivity contribution in [2.75, 3.05) is 16.8 Å². The molecule has 0 aliphatic carbocycles. The van der Waals surface area contributed by atoms with Crippen molar-refractivity contribution >= 4 is 23.4 Å². The van der Waals surface area contributed by atoms with Crippen LogP contribution in [0.3, 0.4) is 0 Å². The van der Waals surface area contributed by atoms with Crippen LogP contribution in [0.5, 0.6) is 0 Å². The van der Waals surface area contributed by atoms with Gasteiger partial charge in [-0.3, -0.25) is 4.79 Å². The monoisotopic (exact) mass is 367 g/mol. The van der Waals surface area contributed by atoms with E-state index in [1.54, 1.807) is 20.8 Å². The van der Waals surface area contributed by atoms with Gasteiger partial charge >= 0.3 is 6.09 Å². The maximum absolute atomic E-state index is 12.7. The van der Waals surface area contributed by atoms with Gasteiger partial charge in [-0.1, -0.05) is 42.5 Å². The molecular weight excluding hydrogens is 342 g/mol. The largest absolute Gasteiger partial charge is 0.444 e. The highest BCUT2D eigenvalue weighted by atomic mass is 16.6. The predicted molar refractivity (Wildman–Crippen MR) is 106 cm³/mol. The Morgan fingerprint density at radius 3 is 2.52 bits per heavy atom. The van der Waals surface area contributed by atoms with Crippen LogP contribution in [-0.4, -0.2) is 30.2 Å². The molecule has 0 saturated carbocycles. The van der Waals surface area contributed by atoms with Gasteiger partial charge in [-0.15, -0.1) is 0 Å². The van der Waals surface area contributed by atoms with Crippen molar-refractivity contribution in [1.82, 2.24) is 5.32 Å². The van der Waals surface area contributed by atoms with Crippen molar-refractivity contribution in [3.63, 3.8) is 0 Å². The first-order valence-corrected chi connectivity index (χ1v) is 9.00. The number of benzene rings is 2. The van der Waals surface area contributed by atoms with Crippen LogP contribution in [0.25, 0.3) is 0 Å². The molecule has 1 aliphatic heterocycles. The molecule has 0 bridgehead atoms. The van der Waals surface area contributed by atoms with Crippen LogP contribution in [0, 0.1) is 0 Å². The van der Waals surface area contributed by atoms with E-state index in [9.17, 15) is 9.59 Å². The molecule has 27 heavy (non-hydrogen) atoms. The highest BCUT2D eigenvalue weighted by molar-refractivity contribution is 6.01. The van der Waals surface area contributed by atoms with Gasteiger partial charge in [-0.25, -0.2) is 4.79 Å². The van der Waals surface area contributed by atoms with E-state index in [4.69, 9.17) is 4.74 Å². The fourth-order valence-corrected chi connectivity index (χ4v) is 2.99. The summed E-state index contributed by atoms with van der Waals surface area (Å²) in [6.07, 6.45) is -0.603. The van der Waals surface area contributed by atoms with E-state index >= 15 is 0 Å². The molecule has 0 fully saturated rings. The number of amides is 2. The average Bonchev–Trinajstić information content (AvgIpc) is 2.72. The number of hydrogen-bond acceptors (Lipinski definition) is 4. The molecular formula is C21H25N3O3. The Kier molecular flexibility index (Phi) is 5.35. The zero-order chi connectivity index (χ0) is 19.4. The topological polar surface area (TPSA) is 70.7 Å². The Bertz CT molecular complexity index is 815. The van der Waals surface area contributed by atoms with Crippen LogP contribution in [0.2, 0.25) is 0 Å². The van der Waals surface area contributed by atoms with Gasteiger partial charge in [0.15, 0.2) is 0 Å². The molecule has 1 heterocycles. The average molecular weight is 367 g/mol. The van der Waals surface area contributed by atoms with Crippen LogP contribution in [0.15, 0.2) is 54.6 Å². The molecule has 0 aromatic heterocycles. The Balaban J connectivity index is 1.84. The lowest BCUT2D eigenvalue weighted by Crippen LogP contribution is -2.50. The lowest BCUT2D eigenvalue weighted by atomic mass is 10.1. The number of nitrogens with one attached hydrogen (secondary N) is 2. The van der Waals surface area contributed by atoms with Crippen molar-refractivity contribution in [2.45, 2.75) is 39.0 Å². The van der Waals surface area contributed by atoms with E-state index in [1.807, 2.05) is 54.6 Å². The normalized spacial score (nSPS) is 16.8. The van der Waals surface area contributed by atoms with Gasteiger partial charge in [0.2, 0.25) is 5.91 Å². The van der Waals surface area contributed by atoms with E-state index in [0.29, 0.717) is 13.1 Å². The number of anilines is 2. The third-order valence-corrected chi connectivity index (χ3v) is 4.13. The van der Waals surface area contributed by atoms with E-state index in [1.165, 1.54) is 0 Å². The summed E-state index contributed by atoms with van der Waals surface area (Å²) < 4.78 is 5.31. The maximum atomic E-state index is 12.7. The Morgan fingerprint density at radius 1 is 1.15 bits per heavy atom. The van der Waals surface area contributed by atoms with Crippen LogP contribution >= 0.6 is 0 Å². The van der Waals surface area contributed by atoms with Crippen molar-refractivity contribution < 1.29 is 14.3 Å². The summed E-state index contributed by atoms with van der Waals surface area (Å²) in [5.41, 5.74) is 2.14. The Morgan fingerprint density at radius 2 is 1.81 bits per heavy atom. The predicted octanol–water partition coefficient (Wildman–Crippen LogP) is 3.54. The number of rotatable bonds is 3. The lowest BCUT2D eigenvalue weighted by Gasteiger charge is -2.27. The Labute approximate surface area is 159 Å². The van der Waals surface area contributed by atoms with E-state index in [0.717, 1.165) is 16.9 Å². The molecule has 142 valence electrons. The maximum Gasteiger partial charge on any atom is 0.408 e. The quantitative estimate of drug-likeness (QED) is 0.871. The first-order valence-electron chi connectivity index (χ1n) is 9.00. The zero-order valence-electron chi connectivity index (χ0n) is 15.9. The summed E-state index contributed by atoms with van der Waals surface area (Å²) in [6.45, 7) is 6.34. The molecule has 2 aromatic carbocycles. The highest BCUT2D eigenvalue weighted by Gasteiger charge is 2.30. The lowest BCUT2D eigenvalue weighted by molar-refractivity contribution is -0.117. The van der Waals surface area contributed by atoms with E-state index in [2.05, 4.69) is 15.5 Å². The minimum absolute atomic E-state index is 0.260. The van der Waals surface area contributed by atoms with Gasteiger partial charge in [-0.2, -0.15) is 0 Å². The SMILES string of the molecule is CC(C)(C)OC(=O)NC1CN(Cc2ccccc2)c2ccccc2NC1=O. The van der Waals surface area contributed by atoms with Gasteiger partial charge in [0.05, 0.1) is 11.4 Å². The van der Waals surface area contributed by atoms with Gasteiger partial charge in [0, 0.05) is 13.1 Å². The molecule has 1 unspecified atom stereocenters. The summed E-state index contributed by atoms with van der Waals surface area (Å²) in [7, 11) is 0. The van der Waals surface area contributed by atoms with Crippen LogP contribution in [-0.2, 0) is 16.1 Å². The number of ether oxygens (including phenoxy) is 1. The number of nitrogens with zero attached hydrogens (tertiary/aromatic N) is 1. The first kappa shape index (κ1) is 18.8. The second-order valence-corrected chi connectivity index (χ2v) is 7.57. The number of para-hydroxylation sites is 2. The van der Waals surface area contributed by atoms with Gasteiger partial charge in [0.1, 0.15) is 11.6 Å². The molecule has 1 aliphatic rings. The molecule has 0 saturated heterocycles. The van der Waals surface area contributed by atoms with Crippen molar-refractivity contribution in [3.05, 3.63) is 60.2 Å². The highest BCUT2D eigenvalue weighted by Crippen LogP contribution is 2.29. The second-order valence-electron chi connectivity index (χ2n) is 7.57. The minimum Gasteiger partial charge on any atom is -0.444 e. The van der Waals surface area contributed by atoms with Gasteiger partial charge in [0.25, 0.3) is 0 Å². The number of hydrogen-bond donors (Lipinski definition) is 2. The molecule has 2 aromatic rings. The fourth-order valence-electron chi connectivity index (χ4n) is 2.99. The zero-order valence-corrected chi connectivity index (χ0v) is 15.9. The third-order valence-electron chi connectivity index (χ3n) is 4.13. The molecule has 6 heteroatoms. The fraction of sp³-hybridized carbons (Fsp3) is 0.333. The van der Waals surface area contributed by atoms with Crippen molar-refractivity contribution in [3.8, 4) is 0 Å². The Hall–Kier alpha value is -3.02. The number of carbonyl (C=O) groups excluding carboxylic acids is 2. The molecule has 6 nitrogen and oxygen atoms in total. The van der Waals surface area contributed by atoms with E-state index in [-0.39, 0.29) is 5.91 Å². The van der Waals surface area contributed by atoms with Crippen molar-refractivity contribution in [2.24, 2.45) is 0 Å². The number of fused-ring (bicyclic) bond motifs is 1. The van der Waals surface area contributed by atoms with Crippen LogP contribution in [0.4, 0.5) is 16.2 Å². The second kappa shape index (κ2) is 7.70. The third kappa shape index (κ3) is 5.00. The van der Waals surface area contributed by atoms with Gasteiger partial charge in [-0.05, 0) is 38.5 Å².